The van der Waals surface area contributed by atoms with Crippen LogP contribution in [-0.2, 0) is 4.79 Å². The van der Waals surface area contributed by atoms with Gasteiger partial charge in [-0.2, -0.15) is 0 Å². The van der Waals surface area contributed by atoms with Gasteiger partial charge in [-0.1, -0.05) is 26.0 Å². The molecule has 0 aliphatic carbocycles. The lowest BCUT2D eigenvalue weighted by atomic mass is 10.2. The minimum absolute atomic E-state index is 0.0543. The zero-order chi connectivity index (χ0) is 14.8. The van der Waals surface area contributed by atoms with Crippen molar-refractivity contribution in [1.29, 1.82) is 0 Å². The lowest BCUT2D eigenvalue weighted by Gasteiger charge is -2.17. The standard InChI is InChI=1S/C16H25N3O/c1-3-19(4-2)13-5-12-18-16(20)11-8-14-6-9-15(17)10-7-14/h6-11H,3-5,12-13,17H2,1-2H3,(H,18,20)/b11-8+. The Morgan fingerprint density at radius 3 is 2.50 bits per heavy atom. The van der Waals surface area contributed by atoms with Crippen molar-refractivity contribution in [1.82, 2.24) is 10.2 Å². The molecule has 0 aliphatic rings. The van der Waals surface area contributed by atoms with Gasteiger partial charge in [0.05, 0.1) is 0 Å². The van der Waals surface area contributed by atoms with Gasteiger partial charge in [-0.15, -0.1) is 0 Å². The van der Waals surface area contributed by atoms with E-state index in [2.05, 4.69) is 24.1 Å². The van der Waals surface area contributed by atoms with Gasteiger partial charge < -0.3 is 16.0 Å². The zero-order valence-electron chi connectivity index (χ0n) is 12.4. The summed E-state index contributed by atoms with van der Waals surface area (Å²) < 4.78 is 0. The second-order valence-electron chi connectivity index (χ2n) is 4.67. The van der Waals surface area contributed by atoms with Crippen LogP contribution in [0.2, 0.25) is 0 Å². The van der Waals surface area contributed by atoms with Crippen LogP contribution in [0.1, 0.15) is 25.8 Å². The van der Waals surface area contributed by atoms with Crippen molar-refractivity contribution in [3.05, 3.63) is 35.9 Å². The summed E-state index contributed by atoms with van der Waals surface area (Å²) in [4.78, 5) is 14.0. The third kappa shape index (κ3) is 6.38. The Labute approximate surface area is 121 Å². The Balaban J connectivity index is 2.24. The Morgan fingerprint density at radius 1 is 1.25 bits per heavy atom. The molecular weight excluding hydrogens is 250 g/mol. The van der Waals surface area contributed by atoms with E-state index in [0.717, 1.165) is 37.3 Å². The lowest BCUT2D eigenvalue weighted by molar-refractivity contribution is -0.116. The van der Waals surface area contributed by atoms with Gasteiger partial charge in [-0.05, 0) is 49.8 Å². The Morgan fingerprint density at radius 2 is 1.90 bits per heavy atom. The Bertz CT molecular complexity index is 422. The van der Waals surface area contributed by atoms with Crippen LogP contribution in [-0.4, -0.2) is 37.0 Å². The maximum absolute atomic E-state index is 11.6. The Kier molecular flexibility index (Phi) is 7.43. The van der Waals surface area contributed by atoms with Crippen LogP contribution in [0.4, 0.5) is 5.69 Å². The number of carbonyl (C=O) groups is 1. The number of anilines is 1. The summed E-state index contributed by atoms with van der Waals surface area (Å²) in [6, 6.07) is 7.42. The van der Waals surface area contributed by atoms with E-state index in [0.29, 0.717) is 6.54 Å². The average Bonchev–Trinajstić information content (AvgIpc) is 2.47. The molecule has 0 bridgehead atoms. The number of nitrogens with zero attached hydrogens (tertiary/aromatic N) is 1. The van der Waals surface area contributed by atoms with E-state index in [1.54, 1.807) is 12.2 Å². The monoisotopic (exact) mass is 275 g/mol. The average molecular weight is 275 g/mol. The smallest absolute Gasteiger partial charge is 0.243 e. The number of nitrogens with two attached hydrogens (primary N) is 1. The zero-order valence-corrected chi connectivity index (χ0v) is 12.4. The van der Waals surface area contributed by atoms with Gasteiger partial charge in [0, 0.05) is 18.3 Å². The van der Waals surface area contributed by atoms with Crippen LogP contribution in [0.3, 0.4) is 0 Å². The quantitative estimate of drug-likeness (QED) is 0.434. The second-order valence-corrected chi connectivity index (χ2v) is 4.67. The van der Waals surface area contributed by atoms with Crippen molar-refractivity contribution >= 4 is 17.7 Å². The number of nitrogens with one attached hydrogen (secondary N) is 1. The van der Waals surface area contributed by atoms with E-state index in [1.165, 1.54) is 0 Å². The van der Waals surface area contributed by atoms with Gasteiger partial charge in [0.25, 0.3) is 0 Å². The minimum Gasteiger partial charge on any atom is -0.399 e. The van der Waals surface area contributed by atoms with Crippen molar-refractivity contribution < 1.29 is 4.79 Å². The van der Waals surface area contributed by atoms with Crippen LogP contribution in [0.25, 0.3) is 6.08 Å². The summed E-state index contributed by atoms with van der Waals surface area (Å²) in [5.41, 5.74) is 7.30. The third-order valence-electron chi connectivity index (χ3n) is 3.21. The summed E-state index contributed by atoms with van der Waals surface area (Å²) in [5.74, 6) is -0.0543. The fourth-order valence-electron chi connectivity index (χ4n) is 1.89. The van der Waals surface area contributed by atoms with Crippen molar-refractivity contribution in [2.24, 2.45) is 0 Å². The van der Waals surface area contributed by atoms with E-state index >= 15 is 0 Å². The number of rotatable bonds is 8. The lowest BCUT2D eigenvalue weighted by Crippen LogP contribution is -2.29. The fraction of sp³-hybridized carbons (Fsp3) is 0.438. The molecule has 0 aliphatic heterocycles. The van der Waals surface area contributed by atoms with Crippen molar-refractivity contribution in [3.8, 4) is 0 Å². The third-order valence-corrected chi connectivity index (χ3v) is 3.21. The number of hydrogen-bond acceptors (Lipinski definition) is 3. The van der Waals surface area contributed by atoms with Crippen molar-refractivity contribution in [3.63, 3.8) is 0 Å². The summed E-state index contributed by atoms with van der Waals surface area (Å²) in [6.07, 6.45) is 4.32. The molecule has 110 valence electrons. The normalized spacial score (nSPS) is 11.2. The number of nitrogen functional groups attached to an aromatic ring is 1. The molecule has 0 saturated carbocycles. The molecule has 1 amide bonds. The predicted molar refractivity (Wildman–Crippen MR) is 85.3 cm³/mol. The summed E-state index contributed by atoms with van der Waals surface area (Å²) in [6.45, 7) is 8.15. The van der Waals surface area contributed by atoms with Gasteiger partial charge in [0.2, 0.25) is 5.91 Å². The topological polar surface area (TPSA) is 58.4 Å². The van der Waals surface area contributed by atoms with E-state index in [9.17, 15) is 4.79 Å². The molecule has 0 atom stereocenters. The highest BCUT2D eigenvalue weighted by molar-refractivity contribution is 5.91. The molecule has 4 nitrogen and oxygen atoms in total. The molecule has 1 aromatic carbocycles. The summed E-state index contributed by atoms with van der Waals surface area (Å²) in [5, 5.41) is 2.89. The highest BCUT2D eigenvalue weighted by Gasteiger charge is 1.99. The minimum atomic E-state index is -0.0543. The number of amides is 1. The highest BCUT2D eigenvalue weighted by atomic mass is 16.1. The summed E-state index contributed by atoms with van der Waals surface area (Å²) >= 11 is 0. The van der Waals surface area contributed by atoms with E-state index < -0.39 is 0 Å². The molecule has 4 heteroatoms. The molecule has 3 N–H and O–H groups in total. The predicted octanol–water partition coefficient (Wildman–Crippen LogP) is 2.13. The van der Waals surface area contributed by atoms with E-state index in [-0.39, 0.29) is 5.91 Å². The van der Waals surface area contributed by atoms with Gasteiger partial charge >= 0.3 is 0 Å². The Hall–Kier alpha value is -1.81. The fourth-order valence-corrected chi connectivity index (χ4v) is 1.89. The number of hydrogen-bond donors (Lipinski definition) is 2. The molecule has 0 radical (unpaired) electrons. The first-order valence-electron chi connectivity index (χ1n) is 7.19. The van der Waals surface area contributed by atoms with Gasteiger partial charge in [0.15, 0.2) is 0 Å². The van der Waals surface area contributed by atoms with Crippen LogP contribution in [0.5, 0.6) is 0 Å². The van der Waals surface area contributed by atoms with Crippen LogP contribution in [0, 0.1) is 0 Å². The molecule has 0 spiro atoms. The summed E-state index contributed by atoms with van der Waals surface area (Å²) in [7, 11) is 0. The molecule has 0 heterocycles. The van der Waals surface area contributed by atoms with Gasteiger partial charge in [-0.25, -0.2) is 0 Å². The molecule has 1 aromatic rings. The number of benzene rings is 1. The molecule has 1 rings (SSSR count). The molecule has 0 unspecified atom stereocenters. The van der Waals surface area contributed by atoms with E-state index in [4.69, 9.17) is 5.73 Å². The van der Waals surface area contributed by atoms with Crippen LogP contribution < -0.4 is 11.1 Å². The van der Waals surface area contributed by atoms with E-state index in [1.807, 2.05) is 24.3 Å². The van der Waals surface area contributed by atoms with Gasteiger partial charge in [0.1, 0.15) is 0 Å². The molecular formula is C16H25N3O. The second kappa shape index (κ2) is 9.15. The molecule has 0 saturated heterocycles. The molecule has 20 heavy (non-hydrogen) atoms. The maximum Gasteiger partial charge on any atom is 0.243 e. The SMILES string of the molecule is CCN(CC)CCCNC(=O)/C=C/c1ccc(N)cc1. The van der Waals surface area contributed by atoms with Crippen molar-refractivity contribution in [2.75, 3.05) is 31.9 Å². The number of carbonyl (C=O) groups excluding carboxylic acids is 1. The highest BCUT2D eigenvalue weighted by Crippen LogP contribution is 2.06. The maximum atomic E-state index is 11.6. The van der Waals surface area contributed by atoms with Crippen molar-refractivity contribution in [2.45, 2.75) is 20.3 Å². The van der Waals surface area contributed by atoms with Gasteiger partial charge in [-0.3, -0.25) is 4.79 Å². The first kappa shape index (κ1) is 16.2. The van der Waals surface area contributed by atoms with Crippen LogP contribution in [0.15, 0.2) is 30.3 Å². The molecule has 0 aromatic heterocycles. The van der Waals surface area contributed by atoms with Crippen LogP contribution >= 0.6 is 0 Å². The first-order valence-corrected chi connectivity index (χ1v) is 7.19. The first-order chi connectivity index (χ1) is 9.65. The largest absolute Gasteiger partial charge is 0.399 e. The molecule has 0 fully saturated rings.